The number of methoxy groups -OCH3 is 3. The smallest absolute Gasteiger partial charge is 0.307 e. The summed E-state index contributed by atoms with van der Waals surface area (Å²) >= 11 is 0. The molecule has 0 heterocycles. The van der Waals surface area contributed by atoms with Crippen LogP contribution in [0.4, 0.5) is 0 Å². The molecule has 0 spiro atoms. The SMILES string of the molecule is COC(=O)CC(NC(=O)C[C@@H]1CCC[C@H]1N)c1ccc(OC)c(OC)c1.Cl. The zero-order valence-electron chi connectivity index (χ0n) is 16.0. The van der Waals surface area contributed by atoms with Gasteiger partial charge in [-0.15, -0.1) is 12.4 Å². The Morgan fingerprint density at radius 3 is 2.44 bits per heavy atom. The van der Waals surface area contributed by atoms with Crippen molar-refractivity contribution >= 4 is 24.3 Å². The molecule has 0 aromatic heterocycles. The van der Waals surface area contributed by atoms with Crippen LogP contribution in [-0.2, 0) is 14.3 Å². The molecule has 7 nitrogen and oxygen atoms in total. The predicted octanol–water partition coefficient (Wildman–Crippen LogP) is 2.36. The van der Waals surface area contributed by atoms with Crippen LogP contribution in [0.3, 0.4) is 0 Å². The Morgan fingerprint density at radius 2 is 1.89 bits per heavy atom. The van der Waals surface area contributed by atoms with Crippen molar-refractivity contribution in [2.24, 2.45) is 11.7 Å². The van der Waals surface area contributed by atoms with E-state index in [0.29, 0.717) is 17.9 Å². The van der Waals surface area contributed by atoms with Gasteiger partial charge < -0.3 is 25.3 Å². The minimum Gasteiger partial charge on any atom is -0.493 e. The van der Waals surface area contributed by atoms with Crippen LogP contribution in [0.25, 0.3) is 0 Å². The maximum atomic E-state index is 12.5. The molecule has 2 rings (SSSR count). The summed E-state index contributed by atoms with van der Waals surface area (Å²) in [6, 6.07) is 4.87. The van der Waals surface area contributed by atoms with E-state index in [2.05, 4.69) is 5.32 Å². The summed E-state index contributed by atoms with van der Waals surface area (Å²) in [5.41, 5.74) is 6.80. The first-order valence-corrected chi connectivity index (χ1v) is 8.82. The number of hydrogen-bond acceptors (Lipinski definition) is 6. The molecule has 3 N–H and O–H groups in total. The maximum Gasteiger partial charge on any atom is 0.307 e. The standard InChI is InChI=1S/C19H28N2O5.ClH/c1-24-16-8-7-13(9-17(16)25-2)15(11-19(23)26-3)21-18(22)10-12-5-4-6-14(12)20;/h7-9,12,14-15H,4-6,10-11,20H2,1-3H3,(H,21,22);1H/t12-,14+,15?;/m0./s1. The number of hydrogen-bond donors (Lipinski definition) is 2. The summed E-state index contributed by atoms with van der Waals surface area (Å²) in [5.74, 6) is 0.793. The molecule has 1 aliphatic rings. The van der Waals surface area contributed by atoms with Crippen molar-refractivity contribution in [1.29, 1.82) is 0 Å². The van der Waals surface area contributed by atoms with Crippen LogP contribution >= 0.6 is 12.4 Å². The number of ether oxygens (including phenoxy) is 3. The van der Waals surface area contributed by atoms with Crippen molar-refractivity contribution in [3.63, 3.8) is 0 Å². The minimum absolute atomic E-state index is 0. The Hall–Kier alpha value is -1.99. The van der Waals surface area contributed by atoms with Crippen molar-refractivity contribution < 1.29 is 23.8 Å². The van der Waals surface area contributed by atoms with Crippen molar-refractivity contribution in [3.8, 4) is 11.5 Å². The molecule has 27 heavy (non-hydrogen) atoms. The molecule has 0 aliphatic heterocycles. The molecule has 1 fully saturated rings. The van der Waals surface area contributed by atoms with Crippen LogP contribution in [0, 0.1) is 5.92 Å². The van der Waals surface area contributed by atoms with E-state index in [1.54, 1.807) is 25.3 Å². The Bertz CT molecular complexity index is 641. The summed E-state index contributed by atoms with van der Waals surface area (Å²) in [5, 5.41) is 2.94. The first-order chi connectivity index (χ1) is 12.5. The molecule has 0 bridgehead atoms. The number of esters is 1. The molecule has 1 amide bonds. The van der Waals surface area contributed by atoms with E-state index in [0.717, 1.165) is 24.8 Å². The Labute approximate surface area is 166 Å². The van der Waals surface area contributed by atoms with Crippen molar-refractivity contribution in [1.82, 2.24) is 5.32 Å². The van der Waals surface area contributed by atoms with Crippen LogP contribution in [0.5, 0.6) is 11.5 Å². The lowest BCUT2D eigenvalue weighted by molar-refractivity contribution is -0.141. The van der Waals surface area contributed by atoms with E-state index >= 15 is 0 Å². The summed E-state index contributed by atoms with van der Waals surface area (Å²) in [6.07, 6.45) is 3.38. The van der Waals surface area contributed by atoms with Gasteiger partial charge in [-0.2, -0.15) is 0 Å². The highest BCUT2D eigenvalue weighted by molar-refractivity contribution is 5.85. The Balaban J connectivity index is 0.00000364. The largest absolute Gasteiger partial charge is 0.493 e. The third-order valence-electron chi connectivity index (χ3n) is 4.91. The second-order valence-electron chi connectivity index (χ2n) is 6.57. The molecule has 0 saturated heterocycles. The molecule has 0 radical (unpaired) electrons. The average molecular weight is 401 g/mol. The van der Waals surface area contributed by atoms with Gasteiger partial charge in [-0.25, -0.2) is 0 Å². The van der Waals surface area contributed by atoms with Crippen LogP contribution in [0.15, 0.2) is 18.2 Å². The quantitative estimate of drug-likeness (QED) is 0.650. The van der Waals surface area contributed by atoms with Gasteiger partial charge in [-0.05, 0) is 36.5 Å². The number of nitrogens with one attached hydrogen (secondary N) is 1. The van der Waals surface area contributed by atoms with Crippen LogP contribution in [-0.4, -0.2) is 39.2 Å². The van der Waals surface area contributed by atoms with E-state index in [9.17, 15) is 9.59 Å². The molecular formula is C19H29ClN2O5. The number of amides is 1. The number of nitrogens with two attached hydrogens (primary N) is 1. The highest BCUT2D eigenvalue weighted by Crippen LogP contribution is 2.32. The fraction of sp³-hybridized carbons (Fsp3) is 0.579. The predicted molar refractivity (Wildman–Crippen MR) is 104 cm³/mol. The topological polar surface area (TPSA) is 99.9 Å². The van der Waals surface area contributed by atoms with Gasteiger partial charge in [0.15, 0.2) is 11.5 Å². The molecule has 1 aliphatic carbocycles. The maximum absolute atomic E-state index is 12.5. The summed E-state index contributed by atoms with van der Waals surface area (Å²) in [4.78, 5) is 24.3. The number of benzene rings is 1. The Kier molecular flexibility index (Phi) is 9.38. The van der Waals surface area contributed by atoms with E-state index in [-0.39, 0.29) is 36.7 Å². The first-order valence-electron chi connectivity index (χ1n) is 8.82. The van der Waals surface area contributed by atoms with Gasteiger partial charge in [0.1, 0.15) is 0 Å². The zero-order chi connectivity index (χ0) is 19.1. The second kappa shape index (κ2) is 11.0. The molecule has 1 unspecified atom stereocenters. The lowest BCUT2D eigenvalue weighted by Crippen LogP contribution is -2.34. The van der Waals surface area contributed by atoms with Crippen LogP contribution < -0.4 is 20.5 Å². The highest BCUT2D eigenvalue weighted by Gasteiger charge is 2.28. The first kappa shape index (κ1) is 23.0. The Morgan fingerprint density at radius 1 is 1.19 bits per heavy atom. The fourth-order valence-corrected chi connectivity index (χ4v) is 3.38. The molecular weight excluding hydrogens is 372 g/mol. The second-order valence-corrected chi connectivity index (χ2v) is 6.57. The van der Waals surface area contributed by atoms with Gasteiger partial charge in [0.2, 0.25) is 5.91 Å². The number of carbonyl (C=O) groups excluding carboxylic acids is 2. The molecule has 1 saturated carbocycles. The van der Waals surface area contributed by atoms with E-state index in [1.165, 1.54) is 14.2 Å². The van der Waals surface area contributed by atoms with Crippen molar-refractivity contribution in [2.75, 3.05) is 21.3 Å². The lowest BCUT2D eigenvalue weighted by atomic mass is 9.98. The molecule has 3 atom stereocenters. The summed E-state index contributed by atoms with van der Waals surface area (Å²) < 4.78 is 15.3. The summed E-state index contributed by atoms with van der Waals surface area (Å²) in [6.45, 7) is 0. The molecule has 1 aromatic carbocycles. The van der Waals surface area contributed by atoms with Gasteiger partial charge in [0.05, 0.1) is 33.8 Å². The van der Waals surface area contributed by atoms with Gasteiger partial charge >= 0.3 is 5.97 Å². The number of halogens is 1. The van der Waals surface area contributed by atoms with Crippen LogP contribution in [0.1, 0.15) is 43.7 Å². The van der Waals surface area contributed by atoms with E-state index < -0.39 is 12.0 Å². The van der Waals surface area contributed by atoms with Crippen molar-refractivity contribution in [3.05, 3.63) is 23.8 Å². The highest BCUT2D eigenvalue weighted by atomic mass is 35.5. The zero-order valence-corrected chi connectivity index (χ0v) is 16.8. The van der Waals surface area contributed by atoms with Gasteiger partial charge in [-0.3, -0.25) is 9.59 Å². The van der Waals surface area contributed by atoms with Gasteiger partial charge in [-0.1, -0.05) is 12.5 Å². The number of rotatable bonds is 8. The molecule has 1 aromatic rings. The fourth-order valence-electron chi connectivity index (χ4n) is 3.38. The lowest BCUT2D eigenvalue weighted by Gasteiger charge is -2.21. The van der Waals surface area contributed by atoms with Gasteiger partial charge in [0, 0.05) is 12.5 Å². The van der Waals surface area contributed by atoms with E-state index in [1.807, 2.05) is 0 Å². The minimum atomic E-state index is -0.507. The molecule has 152 valence electrons. The third kappa shape index (κ3) is 6.29. The monoisotopic (exact) mass is 400 g/mol. The van der Waals surface area contributed by atoms with E-state index in [4.69, 9.17) is 19.9 Å². The van der Waals surface area contributed by atoms with Crippen LogP contribution in [0.2, 0.25) is 0 Å². The number of carbonyl (C=O) groups is 2. The van der Waals surface area contributed by atoms with Gasteiger partial charge in [0.25, 0.3) is 0 Å². The summed E-state index contributed by atoms with van der Waals surface area (Å²) in [7, 11) is 4.42. The molecule has 8 heteroatoms. The normalized spacial score (nSPS) is 19.6. The average Bonchev–Trinajstić information content (AvgIpc) is 3.04. The third-order valence-corrected chi connectivity index (χ3v) is 4.91. The van der Waals surface area contributed by atoms with Crippen molar-refractivity contribution in [2.45, 2.75) is 44.2 Å².